The lowest BCUT2D eigenvalue weighted by Gasteiger charge is -2.06. The van der Waals surface area contributed by atoms with E-state index in [1.807, 2.05) is 6.07 Å². The minimum atomic E-state index is -0.432. The van der Waals surface area contributed by atoms with E-state index in [2.05, 4.69) is 10.1 Å². The lowest BCUT2D eigenvalue weighted by atomic mass is 10.2. The summed E-state index contributed by atoms with van der Waals surface area (Å²) in [6.45, 7) is 2.06. The Hall–Kier alpha value is -2.45. The molecule has 21 heavy (non-hydrogen) atoms. The lowest BCUT2D eigenvalue weighted by molar-refractivity contribution is 0.0599. The average molecular weight is 305 g/mol. The number of hydrogen-bond acceptors (Lipinski definition) is 5. The number of nitrogens with one attached hydrogen (secondary N) is 1. The van der Waals surface area contributed by atoms with Crippen molar-refractivity contribution in [3.63, 3.8) is 0 Å². The van der Waals surface area contributed by atoms with E-state index in [-0.39, 0.29) is 0 Å². The van der Waals surface area contributed by atoms with Gasteiger partial charge in [-0.05, 0) is 31.2 Å². The fourth-order valence-corrected chi connectivity index (χ4v) is 2.10. The second kappa shape index (κ2) is 6.33. The molecule has 0 fully saturated rings. The molecule has 6 heteroatoms. The van der Waals surface area contributed by atoms with Crippen LogP contribution in [0.25, 0.3) is 0 Å². The Kier molecular flexibility index (Phi) is 4.51. The third kappa shape index (κ3) is 3.36. The maximum atomic E-state index is 11.5. The number of benzene rings is 1. The smallest absolute Gasteiger partial charge is 0.341 e. The van der Waals surface area contributed by atoms with Crippen LogP contribution in [0.15, 0.2) is 28.7 Å². The van der Waals surface area contributed by atoms with Crippen LogP contribution < -0.4 is 5.32 Å². The normalized spacial score (nSPS) is 10.0. The molecule has 2 rings (SSSR count). The molecule has 1 N–H and O–H groups in total. The minimum Gasteiger partial charge on any atom is -0.465 e. The molecule has 1 heterocycles. The van der Waals surface area contributed by atoms with E-state index in [9.17, 15) is 4.79 Å². The van der Waals surface area contributed by atoms with Gasteiger partial charge in [-0.1, -0.05) is 11.6 Å². The zero-order valence-electron chi connectivity index (χ0n) is 11.6. The Morgan fingerprint density at radius 2 is 2.24 bits per heavy atom. The Labute approximate surface area is 127 Å². The number of rotatable bonds is 4. The number of anilines is 1. The number of aryl methyl sites for hydroxylation is 1. The molecule has 2 aromatic rings. The molecule has 0 aliphatic rings. The van der Waals surface area contributed by atoms with Gasteiger partial charge in [-0.25, -0.2) is 4.79 Å². The van der Waals surface area contributed by atoms with Crippen molar-refractivity contribution in [1.82, 2.24) is 0 Å². The van der Waals surface area contributed by atoms with E-state index < -0.39 is 5.97 Å². The third-order valence-corrected chi connectivity index (χ3v) is 3.24. The first kappa shape index (κ1) is 14.9. The van der Waals surface area contributed by atoms with Crippen molar-refractivity contribution in [1.29, 1.82) is 5.26 Å². The number of carbonyl (C=O) groups excluding carboxylic acids is 1. The van der Waals surface area contributed by atoms with Gasteiger partial charge in [0, 0.05) is 0 Å². The fourth-order valence-electron chi connectivity index (χ4n) is 1.85. The second-order valence-electron chi connectivity index (χ2n) is 4.33. The zero-order valence-corrected chi connectivity index (χ0v) is 12.3. The number of esters is 1. The highest BCUT2D eigenvalue weighted by Gasteiger charge is 2.15. The summed E-state index contributed by atoms with van der Waals surface area (Å²) in [5.41, 5.74) is 1.58. The van der Waals surface area contributed by atoms with Crippen molar-refractivity contribution < 1.29 is 13.9 Å². The first-order valence-electron chi connectivity index (χ1n) is 6.16. The van der Waals surface area contributed by atoms with Crippen molar-refractivity contribution in [2.75, 3.05) is 12.4 Å². The average Bonchev–Trinajstić information content (AvgIpc) is 2.86. The second-order valence-corrected chi connectivity index (χ2v) is 4.74. The lowest BCUT2D eigenvalue weighted by Crippen LogP contribution is -2.01. The summed E-state index contributed by atoms with van der Waals surface area (Å²) in [5, 5.41) is 12.3. The predicted molar refractivity (Wildman–Crippen MR) is 78.3 cm³/mol. The van der Waals surface area contributed by atoms with Gasteiger partial charge >= 0.3 is 5.97 Å². The predicted octanol–water partition coefficient (Wildman–Crippen LogP) is 3.51. The van der Waals surface area contributed by atoms with Crippen molar-refractivity contribution in [3.8, 4) is 6.07 Å². The van der Waals surface area contributed by atoms with Crippen LogP contribution in [0.1, 0.15) is 27.4 Å². The molecule has 0 aliphatic carbocycles. The van der Waals surface area contributed by atoms with Crippen molar-refractivity contribution in [2.45, 2.75) is 13.5 Å². The molecule has 1 aromatic carbocycles. The molecule has 108 valence electrons. The molecule has 0 bridgehead atoms. The van der Waals surface area contributed by atoms with Gasteiger partial charge in [0.25, 0.3) is 0 Å². The van der Waals surface area contributed by atoms with Crippen LogP contribution in [0.3, 0.4) is 0 Å². The van der Waals surface area contributed by atoms with Crippen molar-refractivity contribution in [3.05, 3.63) is 51.9 Å². The van der Waals surface area contributed by atoms with E-state index in [0.29, 0.717) is 39.9 Å². The molecule has 1 aromatic heterocycles. The van der Waals surface area contributed by atoms with Crippen molar-refractivity contribution >= 4 is 23.3 Å². The van der Waals surface area contributed by atoms with Crippen LogP contribution in [0, 0.1) is 18.3 Å². The Bertz CT molecular complexity index is 716. The van der Waals surface area contributed by atoms with E-state index in [4.69, 9.17) is 21.3 Å². The molecule has 0 radical (unpaired) electrons. The largest absolute Gasteiger partial charge is 0.465 e. The van der Waals surface area contributed by atoms with Gasteiger partial charge in [-0.15, -0.1) is 0 Å². The van der Waals surface area contributed by atoms with Gasteiger partial charge < -0.3 is 14.5 Å². The Morgan fingerprint density at radius 1 is 1.48 bits per heavy atom. The number of halogens is 1. The van der Waals surface area contributed by atoms with E-state index in [1.54, 1.807) is 31.2 Å². The van der Waals surface area contributed by atoms with Gasteiger partial charge in [0.1, 0.15) is 17.1 Å². The van der Waals surface area contributed by atoms with Crippen molar-refractivity contribution in [2.24, 2.45) is 0 Å². The number of ether oxygens (including phenoxy) is 1. The Balaban J connectivity index is 2.10. The van der Waals surface area contributed by atoms with Crippen LogP contribution in [0.5, 0.6) is 0 Å². The number of carbonyl (C=O) groups is 1. The zero-order chi connectivity index (χ0) is 15.4. The standard InChI is InChI=1S/C15H13ClN2O3/c1-9-12(15(19)20-2)6-11(21-9)8-18-14-4-3-10(7-17)5-13(14)16/h3-6,18H,8H2,1-2H3. The highest BCUT2D eigenvalue weighted by atomic mass is 35.5. The molecule has 0 saturated carbocycles. The quantitative estimate of drug-likeness (QED) is 0.875. The van der Waals surface area contributed by atoms with Gasteiger partial charge in [0.05, 0.1) is 36.0 Å². The molecular formula is C15H13ClN2O3. The van der Waals surface area contributed by atoms with Crippen LogP contribution in [-0.2, 0) is 11.3 Å². The number of nitrogens with zero attached hydrogens (tertiary/aromatic N) is 1. The first-order chi connectivity index (χ1) is 10.0. The minimum absolute atomic E-state index is 0.365. The van der Waals surface area contributed by atoms with E-state index >= 15 is 0 Å². The molecule has 0 aliphatic heterocycles. The molecule has 0 amide bonds. The van der Waals surface area contributed by atoms with Crippen LogP contribution in [0.2, 0.25) is 5.02 Å². The van der Waals surface area contributed by atoms with E-state index in [1.165, 1.54) is 7.11 Å². The maximum absolute atomic E-state index is 11.5. The monoisotopic (exact) mass is 304 g/mol. The van der Waals surface area contributed by atoms with Gasteiger partial charge in [0.15, 0.2) is 0 Å². The van der Waals surface area contributed by atoms with Crippen LogP contribution >= 0.6 is 11.6 Å². The topological polar surface area (TPSA) is 75.3 Å². The molecule has 5 nitrogen and oxygen atoms in total. The SMILES string of the molecule is COC(=O)c1cc(CNc2ccc(C#N)cc2Cl)oc1C. The van der Waals surface area contributed by atoms with Crippen LogP contribution in [-0.4, -0.2) is 13.1 Å². The third-order valence-electron chi connectivity index (χ3n) is 2.93. The van der Waals surface area contributed by atoms with Gasteiger partial charge in [-0.3, -0.25) is 0 Å². The van der Waals surface area contributed by atoms with Crippen LogP contribution in [0.4, 0.5) is 5.69 Å². The number of nitriles is 1. The van der Waals surface area contributed by atoms with Gasteiger partial charge in [0.2, 0.25) is 0 Å². The summed E-state index contributed by atoms with van der Waals surface area (Å²) in [5.74, 6) is 0.664. The summed E-state index contributed by atoms with van der Waals surface area (Å²) in [6, 6.07) is 8.62. The molecular weight excluding hydrogens is 292 g/mol. The van der Waals surface area contributed by atoms with E-state index in [0.717, 1.165) is 0 Å². The Morgan fingerprint density at radius 3 is 2.86 bits per heavy atom. The van der Waals surface area contributed by atoms with Gasteiger partial charge in [-0.2, -0.15) is 5.26 Å². The highest BCUT2D eigenvalue weighted by Crippen LogP contribution is 2.24. The summed E-state index contributed by atoms with van der Waals surface area (Å²) in [4.78, 5) is 11.5. The highest BCUT2D eigenvalue weighted by molar-refractivity contribution is 6.33. The number of hydrogen-bond donors (Lipinski definition) is 1. The molecule has 0 spiro atoms. The maximum Gasteiger partial charge on any atom is 0.341 e. The molecule has 0 saturated heterocycles. The number of methoxy groups -OCH3 is 1. The first-order valence-corrected chi connectivity index (χ1v) is 6.54. The summed E-state index contributed by atoms with van der Waals surface area (Å²) in [7, 11) is 1.32. The fraction of sp³-hybridized carbons (Fsp3) is 0.200. The number of furan rings is 1. The summed E-state index contributed by atoms with van der Waals surface area (Å²) in [6.07, 6.45) is 0. The summed E-state index contributed by atoms with van der Waals surface area (Å²) >= 11 is 6.07. The molecule has 0 atom stereocenters. The summed E-state index contributed by atoms with van der Waals surface area (Å²) < 4.78 is 10.2. The molecule has 0 unspecified atom stereocenters.